The second kappa shape index (κ2) is 6.46. The maximum absolute atomic E-state index is 12.5. The number of carbonyl (C=O) groups excluding carboxylic acids is 4. The van der Waals surface area contributed by atoms with Gasteiger partial charge >= 0.3 is 5.97 Å². The number of ether oxygens (including phenoxy) is 1. The Morgan fingerprint density at radius 3 is 2.62 bits per heavy atom. The second-order valence-electron chi connectivity index (χ2n) is 6.11. The molecule has 8 heteroatoms. The van der Waals surface area contributed by atoms with Crippen LogP contribution in [0, 0.1) is 0 Å². The van der Waals surface area contributed by atoms with Gasteiger partial charge in [-0.05, 0) is 25.0 Å². The zero-order valence-electron chi connectivity index (χ0n) is 13.2. The first-order valence-corrected chi connectivity index (χ1v) is 7.98. The Hall–Kier alpha value is -2.64. The lowest BCUT2D eigenvalue weighted by Crippen LogP contribution is -2.69. The molecular formula is C16H19N3O5. The van der Waals surface area contributed by atoms with E-state index in [-0.39, 0.29) is 12.2 Å². The molecule has 0 bridgehead atoms. The van der Waals surface area contributed by atoms with Crippen molar-refractivity contribution in [2.45, 2.75) is 37.6 Å². The van der Waals surface area contributed by atoms with Crippen LogP contribution < -0.4 is 5.32 Å². The van der Waals surface area contributed by atoms with E-state index in [9.17, 15) is 19.2 Å². The van der Waals surface area contributed by atoms with Crippen molar-refractivity contribution >= 4 is 23.7 Å². The standard InChI is InChI=1S/C16H19N3O5/c20-12-9-19(16(15(23)18-12)6-2-1-3-7-16)13(21)10-24-14(22)11-5-4-8-17-11/h4-5,8,17H,1-3,6-7,9-10H2,(H,18,20,23). The first-order valence-electron chi connectivity index (χ1n) is 7.98. The molecule has 8 nitrogen and oxygen atoms in total. The van der Waals surface area contributed by atoms with E-state index in [1.807, 2.05) is 0 Å². The van der Waals surface area contributed by atoms with Crippen LogP contribution in [0.4, 0.5) is 0 Å². The van der Waals surface area contributed by atoms with E-state index in [4.69, 9.17) is 4.74 Å². The van der Waals surface area contributed by atoms with Gasteiger partial charge < -0.3 is 14.6 Å². The Labute approximate surface area is 138 Å². The molecule has 3 amide bonds. The molecule has 0 unspecified atom stereocenters. The predicted molar refractivity (Wildman–Crippen MR) is 81.8 cm³/mol. The van der Waals surface area contributed by atoms with E-state index in [0.717, 1.165) is 19.3 Å². The summed E-state index contributed by atoms with van der Waals surface area (Å²) in [6, 6.07) is 3.18. The van der Waals surface area contributed by atoms with E-state index < -0.39 is 35.8 Å². The summed E-state index contributed by atoms with van der Waals surface area (Å²) in [4.78, 5) is 52.4. The SMILES string of the molecule is O=C1CN(C(=O)COC(=O)c2ccc[nH]2)C2(CCCCC2)C(=O)N1. The maximum Gasteiger partial charge on any atom is 0.355 e. The van der Waals surface area contributed by atoms with Crippen LogP contribution in [0.5, 0.6) is 0 Å². The van der Waals surface area contributed by atoms with E-state index in [1.165, 1.54) is 11.0 Å². The second-order valence-corrected chi connectivity index (χ2v) is 6.11. The Morgan fingerprint density at radius 1 is 1.21 bits per heavy atom. The van der Waals surface area contributed by atoms with E-state index in [2.05, 4.69) is 10.3 Å². The molecule has 1 spiro atoms. The number of H-pyrrole nitrogens is 1. The fraction of sp³-hybridized carbons (Fsp3) is 0.500. The van der Waals surface area contributed by atoms with Crippen LogP contribution in [-0.4, -0.2) is 52.3 Å². The molecule has 1 aliphatic heterocycles. The van der Waals surface area contributed by atoms with Crippen molar-refractivity contribution in [1.82, 2.24) is 15.2 Å². The number of nitrogens with one attached hydrogen (secondary N) is 2. The van der Waals surface area contributed by atoms with Gasteiger partial charge in [-0.2, -0.15) is 0 Å². The summed E-state index contributed by atoms with van der Waals surface area (Å²) in [7, 11) is 0. The summed E-state index contributed by atoms with van der Waals surface area (Å²) < 4.78 is 5.00. The average Bonchev–Trinajstić information content (AvgIpc) is 3.11. The van der Waals surface area contributed by atoms with Crippen LogP contribution in [0.3, 0.4) is 0 Å². The smallest absolute Gasteiger partial charge is 0.355 e. The molecule has 3 rings (SSSR count). The fourth-order valence-corrected chi connectivity index (χ4v) is 3.40. The number of carbonyl (C=O) groups is 4. The van der Waals surface area contributed by atoms with Gasteiger partial charge in [0.05, 0.1) is 0 Å². The molecule has 1 aromatic rings. The topological polar surface area (TPSA) is 109 Å². The van der Waals surface area contributed by atoms with E-state index in [0.29, 0.717) is 12.8 Å². The summed E-state index contributed by atoms with van der Waals surface area (Å²) in [6.45, 7) is -0.690. The van der Waals surface area contributed by atoms with Gasteiger partial charge in [0.1, 0.15) is 17.8 Å². The zero-order valence-corrected chi connectivity index (χ0v) is 13.2. The van der Waals surface area contributed by atoms with Crippen molar-refractivity contribution in [3.63, 3.8) is 0 Å². The number of aromatic nitrogens is 1. The van der Waals surface area contributed by atoms with Gasteiger partial charge in [0.2, 0.25) is 5.91 Å². The fourth-order valence-electron chi connectivity index (χ4n) is 3.40. The van der Waals surface area contributed by atoms with Gasteiger partial charge in [-0.25, -0.2) is 4.79 Å². The summed E-state index contributed by atoms with van der Waals surface area (Å²) in [6.07, 6.45) is 5.22. The van der Waals surface area contributed by atoms with Crippen molar-refractivity contribution in [2.75, 3.05) is 13.2 Å². The Bertz CT molecular complexity index is 661. The number of piperazine rings is 1. The third-order valence-electron chi connectivity index (χ3n) is 4.62. The van der Waals surface area contributed by atoms with Crippen molar-refractivity contribution in [3.05, 3.63) is 24.0 Å². The van der Waals surface area contributed by atoms with Crippen molar-refractivity contribution in [2.24, 2.45) is 0 Å². The number of aromatic amines is 1. The molecule has 0 aromatic carbocycles. The predicted octanol–water partition coefficient (Wildman–Crippen LogP) is 0.359. The normalized spacial score (nSPS) is 19.9. The highest BCUT2D eigenvalue weighted by Crippen LogP contribution is 2.35. The molecule has 2 fully saturated rings. The number of nitrogens with zero attached hydrogens (tertiary/aromatic N) is 1. The number of imide groups is 1. The minimum absolute atomic E-state index is 0.190. The largest absolute Gasteiger partial charge is 0.451 e. The minimum atomic E-state index is -0.998. The molecule has 1 aliphatic carbocycles. The number of amides is 3. The number of rotatable bonds is 3. The third-order valence-corrected chi connectivity index (χ3v) is 4.62. The maximum atomic E-state index is 12.5. The summed E-state index contributed by atoms with van der Waals surface area (Å²) in [5.41, 5.74) is -0.759. The summed E-state index contributed by atoms with van der Waals surface area (Å²) in [5, 5.41) is 2.33. The molecule has 128 valence electrons. The molecule has 2 aliphatic rings. The van der Waals surface area contributed by atoms with Gasteiger partial charge in [0.15, 0.2) is 6.61 Å². The van der Waals surface area contributed by atoms with Crippen molar-refractivity contribution in [1.29, 1.82) is 0 Å². The van der Waals surface area contributed by atoms with Crippen LogP contribution in [0.1, 0.15) is 42.6 Å². The molecular weight excluding hydrogens is 314 g/mol. The first kappa shape index (κ1) is 16.2. The van der Waals surface area contributed by atoms with Crippen LogP contribution in [0.25, 0.3) is 0 Å². The van der Waals surface area contributed by atoms with Crippen LogP contribution >= 0.6 is 0 Å². The highest BCUT2D eigenvalue weighted by molar-refractivity contribution is 6.07. The third kappa shape index (κ3) is 2.91. The van der Waals surface area contributed by atoms with E-state index in [1.54, 1.807) is 12.3 Å². The highest BCUT2D eigenvalue weighted by Gasteiger charge is 2.50. The molecule has 1 saturated heterocycles. The monoisotopic (exact) mass is 333 g/mol. The van der Waals surface area contributed by atoms with Crippen LogP contribution in [0.2, 0.25) is 0 Å². The van der Waals surface area contributed by atoms with Crippen molar-refractivity contribution < 1.29 is 23.9 Å². The molecule has 0 atom stereocenters. The average molecular weight is 333 g/mol. The molecule has 0 radical (unpaired) electrons. The lowest BCUT2D eigenvalue weighted by molar-refractivity contribution is -0.161. The van der Waals surface area contributed by atoms with Gasteiger partial charge in [0, 0.05) is 6.20 Å². The van der Waals surface area contributed by atoms with E-state index >= 15 is 0 Å². The van der Waals surface area contributed by atoms with Crippen molar-refractivity contribution in [3.8, 4) is 0 Å². The number of hydrogen-bond donors (Lipinski definition) is 2. The van der Waals surface area contributed by atoms with Crippen LogP contribution in [-0.2, 0) is 19.1 Å². The Kier molecular flexibility index (Phi) is 4.37. The van der Waals surface area contributed by atoms with Gasteiger partial charge in [-0.15, -0.1) is 0 Å². The molecule has 2 heterocycles. The number of hydrogen-bond acceptors (Lipinski definition) is 5. The molecule has 2 N–H and O–H groups in total. The Morgan fingerprint density at radius 2 is 1.96 bits per heavy atom. The minimum Gasteiger partial charge on any atom is -0.451 e. The van der Waals surface area contributed by atoms with Gasteiger partial charge in [-0.1, -0.05) is 19.3 Å². The molecule has 24 heavy (non-hydrogen) atoms. The first-order chi connectivity index (χ1) is 11.5. The quantitative estimate of drug-likeness (QED) is 0.613. The zero-order chi connectivity index (χ0) is 17.2. The van der Waals surface area contributed by atoms with Gasteiger partial charge in [0.25, 0.3) is 11.8 Å². The summed E-state index contributed by atoms with van der Waals surface area (Å²) in [5.74, 6) is -2.12. The number of esters is 1. The summed E-state index contributed by atoms with van der Waals surface area (Å²) >= 11 is 0. The lowest BCUT2D eigenvalue weighted by atomic mass is 9.78. The molecule has 1 saturated carbocycles. The van der Waals surface area contributed by atoms with Gasteiger partial charge in [-0.3, -0.25) is 19.7 Å². The lowest BCUT2D eigenvalue weighted by Gasteiger charge is -2.47. The Balaban J connectivity index is 1.72. The molecule has 1 aromatic heterocycles. The van der Waals surface area contributed by atoms with Crippen LogP contribution in [0.15, 0.2) is 18.3 Å². The highest BCUT2D eigenvalue weighted by atomic mass is 16.5.